The molecule has 0 saturated carbocycles. The van der Waals surface area contributed by atoms with Gasteiger partial charge in [0.2, 0.25) is 5.91 Å². The van der Waals surface area contributed by atoms with E-state index in [0.29, 0.717) is 31.4 Å². The van der Waals surface area contributed by atoms with Gasteiger partial charge >= 0.3 is 0 Å². The number of fused-ring (bicyclic) bond motifs is 1. The summed E-state index contributed by atoms with van der Waals surface area (Å²) in [6, 6.07) is 14.5. The van der Waals surface area contributed by atoms with Gasteiger partial charge in [0.1, 0.15) is 5.75 Å². The third-order valence-corrected chi connectivity index (χ3v) is 7.24. The number of carbonyl (C=O) groups excluding carboxylic acids is 2. The van der Waals surface area contributed by atoms with E-state index in [-0.39, 0.29) is 29.4 Å². The number of hydrogen-bond acceptors (Lipinski definition) is 4. The van der Waals surface area contributed by atoms with E-state index in [1.165, 1.54) is 4.90 Å². The Bertz CT molecular complexity index is 1100. The normalized spacial score (nSPS) is 19.7. The van der Waals surface area contributed by atoms with Gasteiger partial charge in [-0.25, -0.2) is 0 Å². The lowest BCUT2D eigenvalue weighted by Gasteiger charge is -2.44. The standard InChI is InChI=1S/C28H34N4O3/c1-4-10-23(32-25(33)18-28(5-2,6-3)31-27(32)29)19-11-9-12-20(17-19)26(34)30-22-15-16-35-24-14-8-7-13-21(22)24/h4,7-9,11-14,17,22-23H,1,5-6,10,15-16,18H2,2-3H3,(H2,29,31)(H,30,34)/t22-,23?/m0/s1. The van der Waals surface area contributed by atoms with Crippen LogP contribution in [0.2, 0.25) is 0 Å². The molecule has 4 rings (SSSR count). The number of nitrogens with one attached hydrogen (secondary N) is 3. The molecule has 2 aromatic carbocycles. The molecule has 0 aromatic heterocycles. The van der Waals surface area contributed by atoms with Crippen LogP contribution in [-0.4, -0.2) is 34.8 Å². The average molecular weight is 475 g/mol. The number of carbonyl (C=O) groups is 2. The van der Waals surface area contributed by atoms with Crippen molar-refractivity contribution in [1.29, 1.82) is 5.41 Å². The molecule has 3 N–H and O–H groups in total. The van der Waals surface area contributed by atoms with Crippen LogP contribution in [0.5, 0.6) is 5.75 Å². The first kappa shape index (κ1) is 24.5. The largest absolute Gasteiger partial charge is 0.493 e. The Morgan fingerprint density at radius 1 is 1.29 bits per heavy atom. The predicted molar refractivity (Wildman–Crippen MR) is 136 cm³/mol. The summed E-state index contributed by atoms with van der Waals surface area (Å²) in [4.78, 5) is 28.0. The fourth-order valence-corrected chi connectivity index (χ4v) is 5.03. The number of para-hydroxylation sites is 1. The van der Waals surface area contributed by atoms with E-state index in [0.717, 1.165) is 29.7 Å². The van der Waals surface area contributed by atoms with E-state index >= 15 is 0 Å². The van der Waals surface area contributed by atoms with Gasteiger partial charge in [0.05, 0.1) is 25.1 Å². The van der Waals surface area contributed by atoms with Crippen molar-refractivity contribution in [3.05, 3.63) is 77.9 Å². The summed E-state index contributed by atoms with van der Waals surface area (Å²) < 4.78 is 5.71. The van der Waals surface area contributed by atoms with Gasteiger partial charge in [-0.05, 0) is 43.0 Å². The maximum absolute atomic E-state index is 13.2. The average Bonchev–Trinajstić information content (AvgIpc) is 2.88. The first-order valence-corrected chi connectivity index (χ1v) is 12.3. The number of rotatable bonds is 8. The second kappa shape index (κ2) is 10.3. The Kier molecular flexibility index (Phi) is 7.24. The highest BCUT2D eigenvalue weighted by Crippen LogP contribution is 2.34. The molecular formula is C28H34N4O3. The van der Waals surface area contributed by atoms with Gasteiger partial charge in [-0.3, -0.25) is 19.9 Å². The summed E-state index contributed by atoms with van der Waals surface area (Å²) >= 11 is 0. The van der Waals surface area contributed by atoms with E-state index < -0.39 is 6.04 Å². The lowest BCUT2D eigenvalue weighted by Crippen LogP contribution is -2.62. The highest BCUT2D eigenvalue weighted by molar-refractivity contribution is 6.00. The molecule has 0 aliphatic carbocycles. The monoisotopic (exact) mass is 474 g/mol. The third-order valence-electron chi connectivity index (χ3n) is 7.24. The molecule has 1 saturated heterocycles. The van der Waals surface area contributed by atoms with Crippen molar-refractivity contribution in [3.63, 3.8) is 0 Å². The first-order chi connectivity index (χ1) is 16.9. The Balaban J connectivity index is 1.57. The van der Waals surface area contributed by atoms with Crippen molar-refractivity contribution in [3.8, 4) is 5.75 Å². The van der Waals surface area contributed by atoms with E-state index in [9.17, 15) is 9.59 Å². The maximum atomic E-state index is 13.2. The SMILES string of the molecule is C=CCC(c1cccc(C(=O)N[C@H]2CCOc3ccccc32)c1)N1C(=N)NC(CC)(CC)CC1=O. The second-order valence-electron chi connectivity index (χ2n) is 9.27. The Hall–Kier alpha value is -3.61. The minimum absolute atomic E-state index is 0.0852. The molecule has 1 unspecified atom stereocenters. The summed E-state index contributed by atoms with van der Waals surface area (Å²) in [6.07, 6.45) is 4.78. The number of hydrogen-bond donors (Lipinski definition) is 3. The van der Waals surface area contributed by atoms with Crippen molar-refractivity contribution in [2.75, 3.05) is 6.61 Å². The molecule has 0 radical (unpaired) electrons. The molecule has 2 aromatic rings. The first-order valence-electron chi connectivity index (χ1n) is 12.3. The Labute approximate surface area is 207 Å². The molecular weight excluding hydrogens is 440 g/mol. The van der Waals surface area contributed by atoms with Crippen LogP contribution >= 0.6 is 0 Å². The molecule has 2 aliphatic rings. The van der Waals surface area contributed by atoms with Crippen LogP contribution in [0.15, 0.2) is 61.2 Å². The molecule has 35 heavy (non-hydrogen) atoms. The van der Waals surface area contributed by atoms with E-state index in [4.69, 9.17) is 10.1 Å². The Morgan fingerprint density at radius 3 is 2.77 bits per heavy atom. The van der Waals surface area contributed by atoms with E-state index in [2.05, 4.69) is 17.2 Å². The summed E-state index contributed by atoms with van der Waals surface area (Å²) in [6.45, 7) is 8.49. The topological polar surface area (TPSA) is 94.5 Å². The van der Waals surface area contributed by atoms with Crippen LogP contribution < -0.4 is 15.4 Å². The van der Waals surface area contributed by atoms with Crippen molar-refractivity contribution < 1.29 is 14.3 Å². The molecule has 0 bridgehead atoms. The molecule has 2 heterocycles. The van der Waals surface area contributed by atoms with Crippen molar-refractivity contribution in [2.24, 2.45) is 0 Å². The van der Waals surface area contributed by atoms with Crippen LogP contribution in [-0.2, 0) is 4.79 Å². The van der Waals surface area contributed by atoms with Gasteiger partial charge in [-0.2, -0.15) is 0 Å². The highest BCUT2D eigenvalue weighted by Gasteiger charge is 2.41. The molecule has 7 heteroatoms. The van der Waals surface area contributed by atoms with Gasteiger partial charge < -0.3 is 15.4 Å². The Morgan fingerprint density at radius 2 is 2.06 bits per heavy atom. The fourth-order valence-electron chi connectivity index (χ4n) is 5.03. The number of ether oxygens (including phenoxy) is 1. The predicted octanol–water partition coefficient (Wildman–Crippen LogP) is 4.87. The number of nitrogens with zero attached hydrogens (tertiary/aromatic N) is 1. The van der Waals surface area contributed by atoms with Gasteiger partial charge in [-0.1, -0.05) is 50.3 Å². The highest BCUT2D eigenvalue weighted by atomic mass is 16.5. The molecule has 2 amide bonds. The molecule has 7 nitrogen and oxygen atoms in total. The number of guanidine groups is 1. The van der Waals surface area contributed by atoms with Crippen molar-refractivity contribution in [1.82, 2.24) is 15.5 Å². The van der Waals surface area contributed by atoms with Gasteiger partial charge in [0.15, 0.2) is 5.96 Å². The molecule has 184 valence electrons. The van der Waals surface area contributed by atoms with Gasteiger partial charge in [-0.15, -0.1) is 6.58 Å². The van der Waals surface area contributed by atoms with Crippen LogP contribution in [0.25, 0.3) is 0 Å². The zero-order valence-corrected chi connectivity index (χ0v) is 20.5. The van der Waals surface area contributed by atoms with Gasteiger partial charge in [0, 0.05) is 23.1 Å². The molecule has 2 aliphatic heterocycles. The van der Waals surface area contributed by atoms with E-state index in [1.807, 2.05) is 56.3 Å². The summed E-state index contributed by atoms with van der Waals surface area (Å²) in [5.41, 5.74) is 1.90. The smallest absolute Gasteiger partial charge is 0.251 e. The number of benzene rings is 2. The molecule has 0 spiro atoms. The van der Waals surface area contributed by atoms with Crippen molar-refractivity contribution >= 4 is 17.8 Å². The molecule has 1 fully saturated rings. The summed E-state index contributed by atoms with van der Waals surface area (Å²) in [7, 11) is 0. The zero-order valence-electron chi connectivity index (χ0n) is 20.5. The zero-order chi connectivity index (χ0) is 25.0. The lowest BCUT2D eigenvalue weighted by molar-refractivity contribution is -0.132. The van der Waals surface area contributed by atoms with Crippen LogP contribution in [0.3, 0.4) is 0 Å². The van der Waals surface area contributed by atoms with Crippen LogP contribution in [0.1, 0.15) is 79.5 Å². The van der Waals surface area contributed by atoms with Crippen LogP contribution in [0.4, 0.5) is 0 Å². The quantitative estimate of drug-likeness (QED) is 0.476. The minimum Gasteiger partial charge on any atom is -0.493 e. The maximum Gasteiger partial charge on any atom is 0.251 e. The van der Waals surface area contributed by atoms with Gasteiger partial charge in [0.25, 0.3) is 5.91 Å². The third kappa shape index (κ3) is 4.94. The van der Waals surface area contributed by atoms with Crippen LogP contribution in [0, 0.1) is 5.41 Å². The van der Waals surface area contributed by atoms with Crippen molar-refractivity contribution in [2.45, 2.75) is 63.6 Å². The molecule has 2 atom stereocenters. The summed E-state index contributed by atoms with van der Waals surface area (Å²) in [5.74, 6) is 0.636. The minimum atomic E-state index is -0.414. The second-order valence-corrected chi connectivity index (χ2v) is 9.27. The van der Waals surface area contributed by atoms with E-state index in [1.54, 1.807) is 12.1 Å². The lowest BCUT2D eigenvalue weighted by atomic mass is 9.86. The summed E-state index contributed by atoms with van der Waals surface area (Å²) in [5, 5.41) is 15.1. The number of amides is 2. The fraction of sp³-hybridized carbons (Fsp3) is 0.393.